The van der Waals surface area contributed by atoms with Crippen molar-refractivity contribution in [2.45, 2.75) is 13.5 Å². The van der Waals surface area contributed by atoms with E-state index in [1.165, 1.54) is 5.56 Å². The number of aryl methyl sites for hydroxylation is 1. The van der Waals surface area contributed by atoms with Gasteiger partial charge < -0.3 is 10.1 Å². The third kappa shape index (κ3) is 3.21. The Bertz CT molecular complexity index is 463. The summed E-state index contributed by atoms with van der Waals surface area (Å²) < 4.78 is 5.66. The number of aromatic nitrogens is 1. The molecule has 0 saturated carbocycles. The van der Waals surface area contributed by atoms with Crippen molar-refractivity contribution in [1.29, 1.82) is 0 Å². The van der Waals surface area contributed by atoms with Crippen LogP contribution >= 0.6 is 0 Å². The number of ether oxygens (including phenoxy) is 1. The summed E-state index contributed by atoms with van der Waals surface area (Å²) in [7, 11) is 1.85. The summed E-state index contributed by atoms with van der Waals surface area (Å²) >= 11 is 0. The SMILES string of the molecule is CNc1ccc(COc2ccc(C)cc2)cn1. The van der Waals surface area contributed by atoms with Crippen molar-refractivity contribution in [2.75, 3.05) is 12.4 Å². The fourth-order valence-corrected chi connectivity index (χ4v) is 1.46. The van der Waals surface area contributed by atoms with Crippen LogP contribution in [-0.4, -0.2) is 12.0 Å². The van der Waals surface area contributed by atoms with E-state index >= 15 is 0 Å². The van der Waals surface area contributed by atoms with Crippen LogP contribution < -0.4 is 10.1 Å². The van der Waals surface area contributed by atoms with Crippen LogP contribution in [0.15, 0.2) is 42.6 Å². The Morgan fingerprint density at radius 3 is 2.47 bits per heavy atom. The molecular formula is C14H16N2O. The van der Waals surface area contributed by atoms with Crippen LogP contribution in [0.2, 0.25) is 0 Å². The van der Waals surface area contributed by atoms with E-state index in [1.807, 2.05) is 49.6 Å². The molecule has 0 unspecified atom stereocenters. The maximum Gasteiger partial charge on any atom is 0.125 e. The molecule has 88 valence electrons. The van der Waals surface area contributed by atoms with Gasteiger partial charge >= 0.3 is 0 Å². The molecule has 2 rings (SSSR count). The molecule has 0 aliphatic heterocycles. The molecular weight excluding hydrogens is 212 g/mol. The van der Waals surface area contributed by atoms with Gasteiger partial charge in [0.05, 0.1) is 0 Å². The van der Waals surface area contributed by atoms with Gasteiger partial charge in [0, 0.05) is 18.8 Å². The zero-order chi connectivity index (χ0) is 12.1. The molecule has 0 aliphatic rings. The lowest BCUT2D eigenvalue weighted by Gasteiger charge is -2.06. The molecule has 0 spiro atoms. The van der Waals surface area contributed by atoms with Crippen molar-refractivity contribution in [3.8, 4) is 5.75 Å². The lowest BCUT2D eigenvalue weighted by atomic mass is 10.2. The predicted molar refractivity (Wildman–Crippen MR) is 69.3 cm³/mol. The monoisotopic (exact) mass is 228 g/mol. The summed E-state index contributed by atoms with van der Waals surface area (Å²) in [4.78, 5) is 4.23. The largest absolute Gasteiger partial charge is 0.489 e. The minimum absolute atomic E-state index is 0.542. The van der Waals surface area contributed by atoms with E-state index in [9.17, 15) is 0 Å². The van der Waals surface area contributed by atoms with Crippen LogP contribution in [0.5, 0.6) is 5.75 Å². The molecule has 1 aromatic heterocycles. The molecule has 0 radical (unpaired) electrons. The van der Waals surface area contributed by atoms with Crippen molar-refractivity contribution < 1.29 is 4.74 Å². The molecule has 1 heterocycles. The van der Waals surface area contributed by atoms with Crippen LogP contribution in [0.25, 0.3) is 0 Å². The van der Waals surface area contributed by atoms with E-state index in [2.05, 4.69) is 17.2 Å². The van der Waals surface area contributed by atoms with E-state index in [4.69, 9.17) is 4.74 Å². The number of anilines is 1. The maximum absolute atomic E-state index is 5.66. The van der Waals surface area contributed by atoms with Crippen LogP contribution in [0.4, 0.5) is 5.82 Å². The summed E-state index contributed by atoms with van der Waals surface area (Å²) in [5.41, 5.74) is 2.29. The van der Waals surface area contributed by atoms with Gasteiger partial charge in [-0.25, -0.2) is 4.98 Å². The van der Waals surface area contributed by atoms with Crippen LogP contribution in [-0.2, 0) is 6.61 Å². The van der Waals surface area contributed by atoms with Gasteiger partial charge in [-0.2, -0.15) is 0 Å². The summed E-state index contributed by atoms with van der Waals surface area (Å²) in [5.74, 6) is 1.75. The predicted octanol–water partition coefficient (Wildman–Crippen LogP) is 3.01. The maximum atomic E-state index is 5.66. The van der Waals surface area contributed by atoms with E-state index in [-0.39, 0.29) is 0 Å². The zero-order valence-electron chi connectivity index (χ0n) is 10.1. The number of benzene rings is 1. The number of hydrogen-bond acceptors (Lipinski definition) is 3. The molecule has 3 nitrogen and oxygen atoms in total. The molecule has 2 aromatic rings. The van der Waals surface area contributed by atoms with Gasteiger partial charge in [0.25, 0.3) is 0 Å². The fourth-order valence-electron chi connectivity index (χ4n) is 1.46. The van der Waals surface area contributed by atoms with Gasteiger partial charge in [-0.15, -0.1) is 0 Å². The van der Waals surface area contributed by atoms with Crippen molar-refractivity contribution in [3.05, 3.63) is 53.7 Å². The summed E-state index contributed by atoms with van der Waals surface area (Å²) in [6, 6.07) is 12.0. The minimum Gasteiger partial charge on any atom is -0.489 e. The number of nitrogens with one attached hydrogen (secondary N) is 1. The lowest BCUT2D eigenvalue weighted by molar-refractivity contribution is 0.306. The molecule has 17 heavy (non-hydrogen) atoms. The summed E-state index contributed by atoms with van der Waals surface area (Å²) in [6.45, 7) is 2.60. The third-order valence-electron chi connectivity index (χ3n) is 2.51. The highest BCUT2D eigenvalue weighted by atomic mass is 16.5. The van der Waals surface area contributed by atoms with Gasteiger partial charge in [0.2, 0.25) is 0 Å². The fraction of sp³-hybridized carbons (Fsp3) is 0.214. The smallest absolute Gasteiger partial charge is 0.125 e. The van der Waals surface area contributed by atoms with E-state index in [1.54, 1.807) is 0 Å². The first-order chi connectivity index (χ1) is 8.28. The second-order valence-electron chi connectivity index (χ2n) is 3.90. The average molecular weight is 228 g/mol. The Kier molecular flexibility index (Phi) is 3.60. The average Bonchev–Trinajstić information content (AvgIpc) is 2.39. The van der Waals surface area contributed by atoms with Crippen molar-refractivity contribution in [2.24, 2.45) is 0 Å². The molecule has 0 atom stereocenters. The van der Waals surface area contributed by atoms with Gasteiger partial charge in [0.1, 0.15) is 18.2 Å². The standard InChI is InChI=1S/C14H16N2O/c1-11-3-6-13(7-4-11)17-10-12-5-8-14(15-2)16-9-12/h3-9H,10H2,1-2H3,(H,15,16). The highest BCUT2D eigenvalue weighted by Crippen LogP contribution is 2.13. The topological polar surface area (TPSA) is 34.1 Å². The third-order valence-corrected chi connectivity index (χ3v) is 2.51. The highest BCUT2D eigenvalue weighted by molar-refractivity contribution is 5.34. The van der Waals surface area contributed by atoms with Gasteiger partial charge in [-0.05, 0) is 25.1 Å². The zero-order valence-corrected chi connectivity index (χ0v) is 10.1. The Morgan fingerprint density at radius 2 is 1.88 bits per heavy atom. The molecule has 0 aliphatic carbocycles. The van der Waals surface area contributed by atoms with Crippen LogP contribution in [0.3, 0.4) is 0 Å². The van der Waals surface area contributed by atoms with E-state index in [0.29, 0.717) is 6.61 Å². The second kappa shape index (κ2) is 5.34. The Hall–Kier alpha value is -2.03. The molecule has 1 aromatic carbocycles. The van der Waals surface area contributed by atoms with E-state index < -0.39 is 0 Å². The number of pyridine rings is 1. The van der Waals surface area contributed by atoms with E-state index in [0.717, 1.165) is 17.1 Å². The van der Waals surface area contributed by atoms with Crippen LogP contribution in [0, 0.1) is 6.92 Å². The quantitative estimate of drug-likeness (QED) is 0.873. The minimum atomic E-state index is 0.542. The number of nitrogens with zero attached hydrogens (tertiary/aromatic N) is 1. The van der Waals surface area contributed by atoms with Gasteiger partial charge in [-0.1, -0.05) is 23.8 Å². The summed E-state index contributed by atoms with van der Waals surface area (Å²) in [5, 5.41) is 2.98. The Balaban J connectivity index is 1.95. The normalized spacial score (nSPS) is 10.0. The summed E-state index contributed by atoms with van der Waals surface area (Å²) in [6.07, 6.45) is 1.82. The van der Waals surface area contributed by atoms with Crippen molar-refractivity contribution in [1.82, 2.24) is 4.98 Å². The molecule has 0 amide bonds. The number of hydrogen-bond donors (Lipinski definition) is 1. The van der Waals surface area contributed by atoms with Gasteiger partial charge in [-0.3, -0.25) is 0 Å². The molecule has 3 heteroatoms. The first kappa shape index (κ1) is 11.5. The number of rotatable bonds is 4. The first-order valence-corrected chi connectivity index (χ1v) is 5.60. The Morgan fingerprint density at radius 1 is 1.12 bits per heavy atom. The van der Waals surface area contributed by atoms with Gasteiger partial charge in [0.15, 0.2) is 0 Å². The lowest BCUT2D eigenvalue weighted by Crippen LogP contribution is -1.97. The molecule has 0 bridgehead atoms. The molecule has 1 N–H and O–H groups in total. The first-order valence-electron chi connectivity index (χ1n) is 5.60. The molecule has 0 fully saturated rings. The van der Waals surface area contributed by atoms with Crippen molar-refractivity contribution in [3.63, 3.8) is 0 Å². The van der Waals surface area contributed by atoms with Crippen molar-refractivity contribution >= 4 is 5.82 Å². The van der Waals surface area contributed by atoms with Crippen LogP contribution in [0.1, 0.15) is 11.1 Å². The highest BCUT2D eigenvalue weighted by Gasteiger charge is 1.97. The Labute approximate surface area is 101 Å². The molecule has 0 saturated heterocycles. The second-order valence-corrected chi connectivity index (χ2v) is 3.90.